The zero-order chi connectivity index (χ0) is 37.1. The first-order chi connectivity index (χ1) is 24.0. The lowest BCUT2D eigenvalue weighted by Crippen LogP contribution is -2.49. The van der Waals surface area contributed by atoms with Gasteiger partial charge < -0.3 is 30.3 Å². The molecule has 13 nitrogen and oxygen atoms in total. The van der Waals surface area contributed by atoms with Crippen molar-refractivity contribution in [3.05, 3.63) is 47.1 Å². The predicted molar refractivity (Wildman–Crippen MR) is 186 cm³/mol. The molecular formula is C34H45ClF2N6O7S. The number of amides is 3. The van der Waals surface area contributed by atoms with E-state index in [1.54, 1.807) is 37.8 Å². The van der Waals surface area contributed by atoms with Crippen LogP contribution in [-0.2, 0) is 30.3 Å². The van der Waals surface area contributed by atoms with Crippen molar-refractivity contribution in [2.24, 2.45) is 11.8 Å². The van der Waals surface area contributed by atoms with E-state index in [0.29, 0.717) is 18.5 Å². The molecule has 1 saturated carbocycles. The highest BCUT2D eigenvalue weighted by Crippen LogP contribution is 2.46. The number of anilines is 2. The summed E-state index contributed by atoms with van der Waals surface area (Å²) >= 11 is 6.23. The van der Waals surface area contributed by atoms with Gasteiger partial charge in [-0.05, 0) is 82.9 Å². The van der Waals surface area contributed by atoms with Crippen LogP contribution in [0.4, 0.5) is 25.1 Å². The number of rotatable bonds is 10. The number of hydrogen-bond acceptors (Lipinski definition) is 9. The quantitative estimate of drug-likeness (QED) is 0.306. The average Bonchev–Trinajstić information content (AvgIpc) is 3.45. The first kappa shape index (κ1) is 38.6. The number of piperazine rings is 1. The number of benzene rings is 1. The molecular weight excluding hydrogens is 710 g/mol. The number of nitrogens with zero attached hydrogens (tertiary/aromatic N) is 4. The number of nitrogens with one attached hydrogen (secondary N) is 2. The SMILES string of the molecule is CC(C)(C)OC(=O)N[C@@H]1CC(=O)N(c2ccc(S(=O)(=O)N3CCN(c4cc(C(F)(F)[C@H]5CC[C@H](C(=O)NCCO)CC5)cc(Cl)n4)CC3)cc2)C1. The van der Waals surface area contributed by atoms with Crippen molar-refractivity contribution in [2.45, 2.75) is 75.3 Å². The van der Waals surface area contributed by atoms with Gasteiger partial charge in [0.25, 0.3) is 5.92 Å². The van der Waals surface area contributed by atoms with Crippen molar-refractivity contribution in [1.82, 2.24) is 19.9 Å². The highest BCUT2D eigenvalue weighted by atomic mass is 35.5. The van der Waals surface area contributed by atoms with Crippen LogP contribution in [0.2, 0.25) is 5.15 Å². The van der Waals surface area contributed by atoms with Gasteiger partial charge in [-0.2, -0.15) is 4.31 Å². The number of alkyl carbamates (subject to hydrolysis) is 1. The van der Waals surface area contributed by atoms with E-state index >= 15 is 8.78 Å². The fourth-order valence-corrected chi connectivity index (χ4v) is 8.37. The van der Waals surface area contributed by atoms with Crippen LogP contribution in [0.25, 0.3) is 0 Å². The number of aliphatic hydroxyl groups excluding tert-OH is 1. The van der Waals surface area contributed by atoms with Crippen molar-refractivity contribution in [1.29, 1.82) is 0 Å². The maximum absolute atomic E-state index is 15.8. The Hall–Kier alpha value is -3.60. The Bertz CT molecular complexity index is 1690. The Kier molecular flexibility index (Phi) is 11.8. The van der Waals surface area contributed by atoms with Crippen molar-refractivity contribution >= 4 is 51.0 Å². The molecule has 1 aromatic carbocycles. The molecule has 51 heavy (non-hydrogen) atoms. The van der Waals surface area contributed by atoms with Crippen LogP contribution in [0, 0.1) is 11.8 Å². The van der Waals surface area contributed by atoms with Gasteiger partial charge in [0.1, 0.15) is 16.6 Å². The molecule has 3 N–H and O–H groups in total. The third-order valence-corrected chi connectivity index (χ3v) is 11.5. The van der Waals surface area contributed by atoms with Gasteiger partial charge in [-0.1, -0.05) is 11.6 Å². The van der Waals surface area contributed by atoms with Crippen molar-refractivity contribution in [3.63, 3.8) is 0 Å². The van der Waals surface area contributed by atoms with E-state index in [4.69, 9.17) is 21.4 Å². The molecule has 1 aromatic heterocycles. The van der Waals surface area contributed by atoms with E-state index in [9.17, 15) is 22.8 Å². The first-order valence-electron chi connectivity index (χ1n) is 17.1. The molecule has 2 aliphatic heterocycles. The molecule has 0 bridgehead atoms. The molecule has 3 heterocycles. The van der Waals surface area contributed by atoms with Gasteiger partial charge in [0.2, 0.25) is 21.8 Å². The Morgan fingerprint density at radius 1 is 1.04 bits per heavy atom. The van der Waals surface area contributed by atoms with Gasteiger partial charge in [-0.15, -0.1) is 0 Å². The average molecular weight is 755 g/mol. The lowest BCUT2D eigenvalue weighted by molar-refractivity contribution is -0.129. The molecule has 0 spiro atoms. The number of sulfonamides is 1. The number of carbonyl (C=O) groups is 3. The van der Waals surface area contributed by atoms with Gasteiger partial charge in [0.15, 0.2) is 0 Å². The summed E-state index contributed by atoms with van der Waals surface area (Å²) in [5.41, 5.74) is -0.462. The minimum Gasteiger partial charge on any atom is -0.444 e. The standard InChI is InChI=1S/C34H45ClF2N6O7S/c1-33(2,3)50-32(47)39-25-20-30(45)43(21-25)26-8-10-27(11-9-26)51(48,49)42-15-13-41(14-16-42)29-19-24(18-28(35)40-29)34(36,37)23-6-4-22(5-7-23)31(46)38-12-17-44/h8-11,18-19,22-23,25,44H,4-7,12-17,20-21H2,1-3H3,(H,38,46)(H,39,47)/t22-,23-,25-/m1/s1. The Labute approximate surface area is 301 Å². The number of alkyl halides is 2. The Morgan fingerprint density at radius 3 is 2.29 bits per heavy atom. The summed E-state index contributed by atoms with van der Waals surface area (Å²) in [7, 11) is -3.91. The molecule has 2 aromatic rings. The molecule has 0 radical (unpaired) electrons. The monoisotopic (exact) mass is 754 g/mol. The van der Waals surface area contributed by atoms with Crippen molar-refractivity contribution < 1.29 is 41.4 Å². The number of pyridine rings is 1. The zero-order valence-electron chi connectivity index (χ0n) is 28.9. The highest BCUT2D eigenvalue weighted by molar-refractivity contribution is 7.89. The van der Waals surface area contributed by atoms with E-state index < -0.39 is 39.6 Å². The van der Waals surface area contributed by atoms with E-state index in [1.165, 1.54) is 27.4 Å². The third-order valence-electron chi connectivity index (χ3n) is 9.38. The van der Waals surface area contributed by atoms with Crippen LogP contribution in [-0.4, -0.2) is 98.2 Å². The molecule has 2 saturated heterocycles. The molecule has 3 fully saturated rings. The van der Waals surface area contributed by atoms with E-state index in [-0.39, 0.29) is 104 Å². The van der Waals surface area contributed by atoms with E-state index in [0.717, 1.165) is 6.07 Å². The van der Waals surface area contributed by atoms with Gasteiger partial charge in [0.05, 0.1) is 17.5 Å². The summed E-state index contributed by atoms with van der Waals surface area (Å²) in [6.45, 7) is 5.92. The molecule has 1 atom stereocenters. The summed E-state index contributed by atoms with van der Waals surface area (Å²) < 4.78 is 65.3. The largest absolute Gasteiger partial charge is 0.444 e. The van der Waals surface area contributed by atoms with Crippen LogP contribution in [0.15, 0.2) is 41.3 Å². The number of ether oxygens (including phenoxy) is 1. The minimum atomic E-state index is -3.91. The lowest BCUT2D eigenvalue weighted by Gasteiger charge is -2.36. The Balaban J connectivity index is 1.18. The van der Waals surface area contributed by atoms with Crippen LogP contribution < -0.4 is 20.4 Å². The second-order valence-corrected chi connectivity index (χ2v) is 16.5. The molecule has 3 aliphatic rings. The molecule has 17 heteroatoms. The minimum absolute atomic E-state index is 0.0400. The van der Waals surface area contributed by atoms with E-state index in [1.807, 2.05) is 0 Å². The number of hydrogen-bond donors (Lipinski definition) is 3. The second-order valence-electron chi connectivity index (χ2n) is 14.2. The number of aromatic nitrogens is 1. The zero-order valence-corrected chi connectivity index (χ0v) is 30.5. The molecule has 3 amide bonds. The number of aliphatic hydroxyl groups is 1. The lowest BCUT2D eigenvalue weighted by atomic mass is 9.77. The summed E-state index contributed by atoms with van der Waals surface area (Å²) in [4.78, 5) is 44.6. The van der Waals surface area contributed by atoms with Gasteiger partial charge in [-0.3, -0.25) is 9.59 Å². The first-order valence-corrected chi connectivity index (χ1v) is 18.9. The Morgan fingerprint density at radius 2 is 1.69 bits per heavy atom. The van der Waals surface area contributed by atoms with Crippen LogP contribution in [0.5, 0.6) is 0 Å². The smallest absolute Gasteiger partial charge is 0.407 e. The fraction of sp³-hybridized carbons (Fsp3) is 0.588. The van der Waals surface area contributed by atoms with Gasteiger partial charge >= 0.3 is 6.09 Å². The van der Waals surface area contributed by atoms with Gasteiger partial charge in [-0.25, -0.2) is 27.0 Å². The van der Waals surface area contributed by atoms with Crippen LogP contribution >= 0.6 is 11.6 Å². The summed E-state index contributed by atoms with van der Waals surface area (Å²) in [5.74, 6) is -4.81. The number of halogens is 3. The molecule has 280 valence electrons. The van der Waals surface area contributed by atoms with Gasteiger partial charge in [0, 0.05) is 68.8 Å². The normalized spacial score (nSPS) is 22.2. The van der Waals surface area contributed by atoms with Crippen LogP contribution in [0.3, 0.4) is 0 Å². The van der Waals surface area contributed by atoms with Crippen LogP contribution in [0.1, 0.15) is 58.4 Å². The second kappa shape index (κ2) is 15.6. The number of carbonyl (C=O) groups excluding carboxylic acids is 3. The van der Waals surface area contributed by atoms with E-state index in [2.05, 4.69) is 15.6 Å². The van der Waals surface area contributed by atoms with Crippen molar-refractivity contribution in [3.8, 4) is 0 Å². The topological polar surface area (TPSA) is 161 Å². The maximum atomic E-state index is 15.8. The molecule has 0 unspecified atom stereocenters. The third kappa shape index (κ3) is 9.26. The highest BCUT2D eigenvalue weighted by Gasteiger charge is 2.44. The summed E-state index contributed by atoms with van der Waals surface area (Å²) in [6, 6.07) is 7.97. The van der Waals surface area contributed by atoms with Crippen molar-refractivity contribution in [2.75, 3.05) is 55.7 Å². The summed E-state index contributed by atoms with van der Waals surface area (Å²) in [5, 5.41) is 14.1. The summed E-state index contributed by atoms with van der Waals surface area (Å²) in [6.07, 6.45) is 0.386. The molecule has 5 rings (SSSR count). The molecule has 1 aliphatic carbocycles. The fourth-order valence-electron chi connectivity index (χ4n) is 6.75. The maximum Gasteiger partial charge on any atom is 0.407 e. The predicted octanol–water partition coefficient (Wildman–Crippen LogP) is 3.88.